The maximum absolute atomic E-state index is 11.2. The number of hydrogen-bond acceptors (Lipinski definition) is 5. The number of rotatable bonds is 4. The molecule has 20 heavy (non-hydrogen) atoms. The van der Waals surface area contributed by atoms with Gasteiger partial charge in [-0.15, -0.1) is 0 Å². The van der Waals surface area contributed by atoms with Gasteiger partial charge in [0.1, 0.15) is 11.5 Å². The highest BCUT2D eigenvalue weighted by molar-refractivity contribution is 5.95. The van der Waals surface area contributed by atoms with Gasteiger partial charge >= 0.3 is 5.97 Å². The van der Waals surface area contributed by atoms with Crippen molar-refractivity contribution in [2.45, 2.75) is 6.92 Å². The highest BCUT2D eigenvalue weighted by Gasteiger charge is 2.25. The van der Waals surface area contributed by atoms with Crippen LogP contribution in [0.2, 0.25) is 0 Å². The van der Waals surface area contributed by atoms with E-state index in [-0.39, 0.29) is 5.75 Å². The average molecular weight is 274 g/mol. The van der Waals surface area contributed by atoms with Crippen LogP contribution < -0.4 is 4.74 Å². The zero-order valence-corrected chi connectivity index (χ0v) is 10.4. The molecular weight excluding hydrogens is 264 g/mol. The number of nitrogens with zero attached hydrogens (tertiary/aromatic N) is 2. The lowest BCUT2D eigenvalue weighted by molar-refractivity contribution is -0.385. The summed E-state index contributed by atoms with van der Waals surface area (Å²) in [4.78, 5) is 25.3. The molecule has 1 aromatic carbocycles. The Hall–Kier alpha value is -2.96. The Morgan fingerprint density at radius 1 is 1.40 bits per heavy atom. The number of nitro groups is 1. The molecule has 0 aliphatic rings. The zero-order chi connectivity index (χ0) is 14.7. The van der Waals surface area contributed by atoms with E-state index in [2.05, 4.69) is 4.98 Å². The summed E-state index contributed by atoms with van der Waals surface area (Å²) in [7, 11) is 0. The average Bonchev–Trinajstić information content (AvgIpc) is 2.38. The number of hydrogen-bond donors (Lipinski definition) is 1. The number of pyridine rings is 1. The molecule has 0 amide bonds. The third-order valence-corrected chi connectivity index (χ3v) is 2.51. The van der Waals surface area contributed by atoms with Gasteiger partial charge in [0.25, 0.3) is 5.69 Å². The van der Waals surface area contributed by atoms with E-state index in [0.29, 0.717) is 11.4 Å². The molecular formula is C13H10N2O5. The molecule has 0 saturated heterocycles. The maximum atomic E-state index is 11.2. The summed E-state index contributed by atoms with van der Waals surface area (Å²) in [6.07, 6.45) is 1.50. The first-order valence-electron chi connectivity index (χ1n) is 5.60. The van der Waals surface area contributed by atoms with Crippen molar-refractivity contribution < 1.29 is 19.6 Å². The van der Waals surface area contributed by atoms with E-state index < -0.39 is 22.1 Å². The van der Waals surface area contributed by atoms with Gasteiger partial charge in [-0.3, -0.25) is 15.1 Å². The van der Waals surface area contributed by atoms with Crippen LogP contribution in [0.15, 0.2) is 36.5 Å². The number of nitro benzene ring substituents is 1. The molecule has 1 N–H and O–H groups in total. The molecule has 1 aromatic heterocycles. The van der Waals surface area contributed by atoms with Crippen LogP contribution in [0.4, 0.5) is 5.69 Å². The van der Waals surface area contributed by atoms with E-state index in [4.69, 9.17) is 9.84 Å². The third kappa shape index (κ3) is 2.72. The van der Waals surface area contributed by atoms with Gasteiger partial charge in [0.15, 0.2) is 5.56 Å². The van der Waals surface area contributed by atoms with Crippen molar-refractivity contribution in [2.24, 2.45) is 0 Å². The van der Waals surface area contributed by atoms with Crippen LogP contribution >= 0.6 is 0 Å². The summed E-state index contributed by atoms with van der Waals surface area (Å²) in [5.41, 5.74) is -0.308. The standard InChI is InChI=1S/C13H10N2O5/c1-8-7-9(5-6-14-8)20-11-4-2-3-10(15(18)19)12(11)13(16)17/h2-7H,1H3,(H,16,17). The second-order valence-corrected chi connectivity index (χ2v) is 3.95. The first-order chi connectivity index (χ1) is 9.49. The number of ether oxygens (including phenoxy) is 1. The normalized spacial score (nSPS) is 10.1. The largest absolute Gasteiger partial charge is 0.477 e. The van der Waals surface area contributed by atoms with Gasteiger partial charge in [-0.25, -0.2) is 4.79 Å². The summed E-state index contributed by atoms with van der Waals surface area (Å²) in [5, 5.41) is 20.0. The summed E-state index contributed by atoms with van der Waals surface area (Å²) < 4.78 is 5.42. The molecule has 1 heterocycles. The molecule has 0 unspecified atom stereocenters. The number of benzene rings is 1. The fraction of sp³-hybridized carbons (Fsp3) is 0.0769. The molecule has 0 aliphatic carbocycles. The highest BCUT2D eigenvalue weighted by atomic mass is 16.6. The third-order valence-electron chi connectivity index (χ3n) is 2.51. The number of aromatic nitrogens is 1. The molecule has 0 atom stereocenters. The molecule has 0 spiro atoms. The van der Waals surface area contributed by atoms with E-state index in [9.17, 15) is 14.9 Å². The van der Waals surface area contributed by atoms with Gasteiger partial charge in [-0.1, -0.05) is 6.07 Å². The molecule has 0 saturated carbocycles. The van der Waals surface area contributed by atoms with Crippen LogP contribution in [0, 0.1) is 17.0 Å². The van der Waals surface area contributed by atoms with Crippen molar-refractivity contribution >= 4 is 11.7 Å². The quantitative estimate of drug-likeness (QED) is 0.679. The van der Waals surface area contributed by atoms with Crippen molar-refractivity contribution in [3.63, 3.8) is 0 Å². The number of aryl methyl sites for hydroxylation is 1. The van der Waals surface area contributed by atoms with Crippen molar-refractivity contribution in [3.8, 4) is 11.5 Å². The second-order valence-electron chi connectivity index (χ2n) is 3.95. The predicted octanol–water partition coefficient (Wildman–Crippen LogP) is 2.79. The van der Waals surface area contributed by atoms with E-state index in [0.717, 1.165) is 6.07 Å². The Bertz CT molecular complexity index is 684. The van der Waals surface area contributed by atoms with Gasteiger partial charge in [0.2, 0.25) is 0 Å². The smallest absolute Gasteiger partial charge is 0.346 e. The van der Waals surface area contributed by atoms with Crippen LogP contribution in [0.1, 0.15) is 16.1 Å². The molecule has 7 nitrogen and oxygen atoms in total. The fourth-order valence-corrected chi connectivity index (χ4v) is 1.68. The maximum Gasteiger partial charge on any atom is 0.346 e. The van der Waals surface area contributed by atoms with E-state index in [1.54, 1.807) is 13.0 Å². The molecule has 0 radical (unpaired) electrons. The Labute approximate surface area is 113 Å². The van der Waals surface area contributed by atoms with E-state index >= 15 is 0 Å². The van der Waals surface area contributed by atoms with Gasteiger partial charge in [0, 0.05) is 24.0 Å². The minimum absolute atomic E-state index is 0.0858. The molecule has 102 valence electrons. The number of aromatic carboxylic acids is 1. The lowest BCUT2D eigenvalue weighted by Gasteiger charge is -2.09. The molecule has 2 aromatic rings. The Morgan fingerprint density at radius 3 is 2.75 bits per heavy atom. The van der Waals surface area contributed by atoms with Gasteiger partial charge < -0.3 is 9.84 Å². The monoisotopic (exact) mass is 274 g/mol. The topological polar surface area (TPSA) is 103 Å². The summed E-state index contributed by atoms with van der Waals surface area (Å²) in [6.45, 7) is 1.75. The molecule has 0 aliphatic heterocycles. The Balaban J connectivity index is 2.49. The van der Waals surface area contributed by atoms with Gasteiger partial charge in [-0.05, 0) is 19.1 Å². The van der Waals surface area contributed by atoms with Crippen molar-refractivity contribution in [1.29, 1.82) is 0 Å². The van der Waals surface area contributed by atoms with Crippen LogP contribution in [0.3, 0.4) is 0 Å². The Morgan fingerprint density at radius 2 is 2.15 bits per heavy atom. The fourth-order valence-electron chi connectivity index (χ4n) is 1.68. The second kappa shape index (κ2) is 5.35. The first-order valence-corrected chi connectivity index (χ1v) is 5.60. The SMILES string of the molecule is Cc1cc(Oc2cccc([N+](=O)[O-])c2C(=O)O)ccn1. The zero-order valence-electron chi connectivity index (χ0n) is 10.4. The lowest BCUT2D eigenvalue weighted by Crippen LogP contribution is -2.05. The summed E-state index contributed by atoms with van der Waals surface area (Å²) in [5.74, 6) is -1.14. The Kier molecular flexibility index (Phi) is 3.60. The van der Waals surface area contributed by atoms with Crippen molar-refractivity contribution in [3.05, 3.63) is 57.9 Å². The van der Waals surface area contributed by atoms with E-state index in [1.165, 1.54) is 24.4 Å². The predicted molar refractivity (Wildman–Crippen MR) is 69.1 cm³/mol. The van der Waals surface area contributed by atoms with Crippen LogP contribution in [-0.2, 0) is 0 Å². The van der Waals surface area contributed by atoms with Crippen LogP contribution in [0.5, 0.6) is 11.5 Å². The minimum atomic E-state index is -1.42. The summed E-state index contributed by atoms with van der Waals surface area (Å²) in [6, 6.07) is 7.00. The summed E-state index contributed by atoms with van der Waals surface area (Å²) >= 11 is 0. The van der Waals surface area contributed by atoms with Crippen molar-refractivity contribution in [1.82, 2.24) is 4.98 Å². The van der Waals surface area contributed by atoms with Gasteiger partial charge in [0.05, 0.1) is 4.92 Å². The highest BCUT2D eigenvalue weighted by Crippen LogP contribution is 2.31. The molecule has 2 rings (SSSR count). The first kappa shape index (κ1) is 13.5. The van der Waals surface area contributed by atoms with Crippen LogP contribution in [-0.4, -0.2) is 21.0 Å². The molecule has 0 fully saturated rings. The molecule has 0 bridgehead atoms. The lowest BCUT2D eigenvalue weighted by atomic mass is 10.1. The van der Waals surface area contributed by atoms with E-state index in [1.807, 2.05) is 0 Å². The number of carbonyl (C=O) groups is 1. The number of carboxylic acids is 1. The van der Waals surface area contributed by atoms with Crippen molar-refractivity contribution in [2.75, 3.05) is 0 Å². The van der Waals surface area contributed by atoms with Crippen LogP contribution in [0.25, 0.3) is 0 Å². The van der Waals surface area contributed by atoms with Gasteiger partial charge in [-0.2, -0.15) is 0 Å². The minimum Gasteiger partial charge on any atom is -0.477 e. The molecule has 7 heteroatoms. The number of carboxylic acid groups (broad SMARTS) is 1.